The van der Waals surface area contributed by atoms with E-state index in [2.05, 4.69) is 103 Å². The Morgan fingerprint density at radius 3 is 2.32 bits per heavy atom. The molecule has 0 amide bonds. The van der Waals surface area contributed by atoms with Gasteiger partial charge in [-0.1, -0.05) is 84.9 Å². The van der Waals surface area contributed by atoms with E-state index in [4.69, 9.17) is 9.72 Å². The molecule has 5 aromatic rings. The third-order valence-electron chi connectivity index (χ3n) is 7.67. The molecule has 194 valence electrons. The molecule has 0 radical (unpaired) electrons. The van der Waals surface area contributed by atoms with E-state index in [9.17, 15) is 0 Å². The number of fused-ring (bicyclic) bond motifs is 5. The van der Waals surface area contributed by atoms with Crippen LogP contribution >= 0.6 is 0 Å². The maximum Gasteiger partial charge on any atom is 0.140 e. The molecule has 0 unspecified atom stereocenters. The van der Waals surface area contributed by atoms with Gasteiger partial charge in [0.15, 0.2) is 0 Å². The maximum absolute atomic E-state index is 6.96. The quantitative estimate of drug-likeness (QED) is 0.219. The van der Waals surface area contributed by atoms with Crippen molar-refractivity contribution in [2.24, 2.45) is 17.3 Å². The molecule has 0 saturated heterocycles. The summed E-state index contributed by atoms with van der Waals surface area (Å²) in [5.74, 6) is 3.13. The average Bonchev–Trinajstić information content (AvgIpc) is 2.83. The summed E-state index contributed by atoms with van der Waals surface area (Å²) in [5.41, 5.74) is 6.35. The second-order valence-corrected chi connectivity index (χ2v) is 13.3. The molecule has 38 heavy (non-hydrogen) atoms. The summed E-state index contributed by atoms with van der Waals surface area (Å²) < 4.78 is 6.96. The van der Waals surface area contributed by atoms with Gasteiger partial charge in [0.25, 0.3) is 0 Å². The molecule has 2 heteroatoms. The van der Waals surface area contributed by atoms with Crippen molar-refractivity contribution < 1.29 is 4.74 Å². The SMILES string of the molecule is CC(C)Cc1ccc2c(CC(C)(C)C)c3c(cc2c1)-c1nccc2c1c(cc1c(CC(C)C)cccc12)O3. The average molecular weight is 502 g/mol. The highest BCUT2D eigenvalue weighted by atomic mass is 16.5. The van der Waals surface area contributed by atoms with Gasteiger partial charge in [-0.15, -0.1) is 0 Å². The number of rotatable bonds is 5. The van der Waals surface area contributed by atoms with E-state index in [1.807, 2.05) is 6.20 Å². The Labute approximate surface area is 227 Å². The highest BCUT2D eigenvalue weighted by Gasteiger charge is 2.28. The lowest BCUT2D eigenvalue weighted by atomic mass is 9.82. The minimum absolute atomic E-state index is 0.121. The maximum atomic E-state index is 6.96. The summed E-state index contributed by atoms with van der Waals surface area (Å²) in [6.45, 7) is 16.1. The molecular formula is C36H39NO. The van der Waals surface area contributed by atoms with Crippen molar-refractivity contribution in [2.75, 3.05) is 0 Å². The van der Waals surface area contributed by atoms with E-state index in [1.54, 1.807) is 0 Å². The molecule has 2 heterocycles. The number of nitrogens with zero attached hydrogens (tertiary/aromatic N) is 1. The van der Waals surface area contributed by atoms with Crippen molar-refractivity contribution in [1.29, 1.82) is 0 Å². The largest absolute Gasteiger partial charge is 0.456 e. The lowest BCUT2D eigenvalue weighted by molar-refractivity contribution is 0.400. The van der Waals surface area contributed by atoms with Crippen LogP contribution in [-0.2, 0) is 19.3 Å². The molecule has 0 aliphatic carbocycles. The zero-order valence-corrected chi connectivity index (χ0v) is 23.9. The van der Waals surface area contributed by atoms with Crippen LogP contribution in [0.1, 0.15) is 65.2 Å². The summed E-state index contributed by atoms with van der Waals surface area (Å²) >= 11 is 0. The van der Waals surface area contributed by atoms with Crippen molar-refractivity contribution in [3.63, 3.8) is 0 Å². The topological polar surface area (TPSA) is 22.1 Å². The van der Waals surface area contributed by atoms with E-state index >= 15 is 0 Å². The standard InChI is InChI=1S/C36H39NO/c1-21(2)15-23-11-12-26-25(17-23)18-30-34-33-28(13-14-37-34)27-10-8-9-24(16-22(3)4)29(27)19-32(33)38-35(30)31(26)20-36(5,6)7/h8-14,17-19,21-22H,15-16,20H2,1-7H3. The van der Waals surface area contributed by atoms with Gasteiger partial charge < -0.3 is 4.74 Å². The van der Waals surface area contributed by atoms with Crippen LogP contribution in [0.4, 0.5) is 0 Å². The molecule has 0 bridgehead atoms. The van der Waals surface area contributed by atoms with Crippen LogP contribution in [-0.4, -0.2) is 4.98 Å². The van der Waals surface area contributed by atoms with Gasteiger partial charge in [0.2, 0.25) is 0 Å². The minimum atomic E-state index is 0.121. The fraction of sp³-hybridized carbons (Fsp3) is 0.361. The Hall–Kier alpha value is -3.39. The lowest BCUT2D eigenvalue weighted by Gasteiger charge is -2.28. The van der Waals surface area contributed by atoms with Crippen LogP contribution < -0.4 is 4.74 Å². The number of aromatic nitrogens is 1. The number of ether oxygens (including phenoxy) is 1. The summed E-state index contributed by atoms with van der Waals surface area (Å²) in [6.07, 6.45) is 5.05. The van der Waals surface area contributed by atoms with Gasteiger partial charge in [0.1, 0.15) is 11.5 Å². The van der Waals surface area contributed by atoms with Crippen LogP contribution in [0.5, 0.6) is 11.5 Å². The molecule has 6 rings (SSSR count). The third-order valence-corrected chi connectivity index (χ3v) is 7.67. The lowest BCUT2D eigenvalue weighted by Crippen LogP contribution is -2.12. The van der Waals surface area contributed by atoms with Gasteiger partial charge in [-0.25, -0.2) is 0 Å². The van der Waals surface area contributed by atoms with Crippen LogP contribution in [0.25, 0.3) is 43.6 Å². The molecule has 4 aromatic carbocycles. The van der Waals surface area contributed by atoms with Crippen molar-refractivity contribution >= 4 is 32.3 Å². The summed E-state index contributed by atoms with van der Waals surface area (Å²) in [5, 5.41) is 7.52. The van der Waals surface area contributed by atoms with Gasteiger partial charge in [0.05, 0.1) is 11.1 Å². The summed E-state index contributed by atoms with van der Waals surface area (Å²) in [7, 11) is 0. The van der Waals surface area contributed by atoms with E-state index in [1.165, 1.54) is 43.6 Å². The molecule has 0 atom stereocenters. The van der Waals surface area contributed by atoms with E-state index in [0.717, 1.165) is 47.4 Å². The van der Waals surface area contributed by atoms with Crippen molar-refractivity contribution in [3.8, 4) is 22.8 Å². The fourth-order valence-electron chi connectivity index (χ4n) is 6.28. The molecular weight excluding hydrogens is 462 g/mol. The highest BCUT2D eigenvalue weighted by molar-refractivity contribution is 6.17. The monoisotopic (exact) mass is 501 g/mol. The Balaban J connectivity index is 1.66. The zero-order valence-electron chi connectivity index (χ0n) is 23.9. The predicted octanol–water partition coefficient (Wildman–Crippen LogP) is 10.3. The van der Waals surface area contributed by atoms with Gasteiger partial charge >= 0.3 is 0 Å². The van der Waals surface area contributed by atoms with E-state index in [-0.39, 0.29) is 5.41 Å². The molecule has 1 aromatic heterocycles. The Bertz CT molecular complexity index is 1700. The fourth-order valence-corrected chi connectivity index (χ4v) is 6.28. The molecule has 2 nitrogen and oxygen atoms in total. The van der Waals surface area contributed by atoms with Gasteiger partial charge in [-0.05, 0) is 92.8 Å². The second kappa shape index (κ2) is 9.12. The first-order valence-corrected chi connectivity index (χ1v) is 14.2. The third kappa shape index (κ3) is 4.34. The summed E-state index contributed by atoms with van der Waals surface area (Å²) in [4.78, 5) is 4.99. The van der Waals surface area contributed by atoms with Crippen molar-refractivity contribution in [3.05, 3.63) is 77.5 Å². The summed E-state index contributed by atoms with van der Waals surface area (Å²) in [6, 6.07) is 20.5. The Kier molecular flexibility index (Phi) is 5.98. The minimum Gasteiger partial charge on any atom is -0.456 e. The van der Waals surface area contributed by atoms with Crippen molar-refractivity contribution in [2.45, 2.75) is 67.7 Å². The van der Waals surface area contributed by atoms with E-state index in [0.29, 0.717) is 11.8 Å². The highest BCUT2D eigenvalue weighted by Crippen LogP contribution is 2.51. The van der Waals surface area contributed by atoms with Crippen LogP contribution in [0.3, 0.4) is 0 Å². The predicted molar refractivity (Wildman–Crippen MR) is 163 cm³/mol. The molecule has 1 aliphatic heterocycles. The second-order valence-electron chi connectivity index (χ2n) is 13.3. The zero-order chi connectivity index (χ0) is 26.8. The van der Waals surface area contributed by atoms with Gasteiger partial charge in [0, 0.05) is 17.3 Å². The normalized spacial score (nSPS) is 13.1. The number of hydrogen-bond acceptors (Lipinski definition) is 2. The molecule has 0 spiro atoms. The molecule has 0 saturated carbocycles. The number of benzene rings is 4. The first-order valence-electron chi connectivity index (χ1n) is 14.2. The van der Waals surface area contributed by atoms with Gasteiger partial charge in [-0.3, -0.25) is 4.98 Å². The van der Waals surface area contributed by atoms with Crippen molar-refractivity contribution in [1.82, 2.24) is 4.98 Å². The van der Waals surface area contributed by atoms with Crippen LogP contribution in [0.15, 0.2) is 60.8 Å². The Morgan fingerprint density at radius 1 is 0.789 bits per heavy atom. The molecule has 0 N–H and O–H groups in total. The Morgan fingerprint density at radius 2 is 1.58 bits per heavy atom. The smallest absolute Gasteiger partial charge is 0.140 e. The molecule has 1 aliphatic rings. The van der Waals surface area contributed by atoms with Crippen LogP contribution in [0, 0.1) is 17.3 Å². The number of hydrogen-bond donors (Lipinski definition) is 0. The van der Waals surface area contributed by atoms with E-state index < -0.39 is 0 Å². The number of pyridine rings is 1. The molecule has 0 fully saturated rings. The van der Waals surface area contributed by atoms with Crippen LogP contribution in [0.2, 0.25) is 0 Å². The first kappa shape index (κ1) is 24.9. The van der Waals surface area contributed by atoms with Gasteiger partial charge in [-0.2, -0.15) is 0 Å². The first-order chi connectivity index (χ1) is 18.1.